The number of amides is 1. The van der Waals surface area contributed by atoms with Crippen molar-refractivity contribution in [2.24, 2.45) is 17.7 Å². The van der Waals surface area contributed by atoms with Crippen LogP contribution in [0, 0.1) is 17.7 Å². The number of halogens is 1. The monoisotopic (exact) mass is 750 g/mol. The molecule has 0 saturated heterocycles. The number of hydrazine groups is 1. The van der Waals surface area contributed by atoms with Crippen LogP contribution < -0.4 is 20.3 Å². The molecule has 0 spiro atoms. The number of fused-ring (bicyclic) bond motifs is 4. The van der Waals surface area contributed by atoms with Gasteiger partial charge in [0.2, 0.25) is 5.78 Å². The third-order valence-electron chi connectivity index (χ3n) is 9.44. The van der Waals surface area contributed by atoms with Crippen molar-refractivity contribution < 1.29 is 57.3 Å². The minimum atomic E-state index is -2.70. The molecule has 1 heterocycles. The largest absolute Gasteiger partial charge is 0.514 e. The van der Waals surface area contributed by atoms with Gasteiger partial charge in [0.15, 0.2) is 22.9 Å². The van der Waals surface area contributed by atoms with Gasteiger partial charge >= 0.3 is 12.2 Å². The predicted molar refractivity (Wildman–Crippen MR) is 188 cm³/mol. The van der Waals surface area contributed by atoms with Gasteiger partial charge in [-0.3, -0.25) is 14.5 Å². The van der Waals surface area contributed by atoms with Gasteiger partial charge < -0.3 is 33.7 Å². The van der Waals surface area contributed by atoms with Crippen molar-refractivity contribution in [3.8, 4) is 11.6 Å². The van der Waals surface area contributed by atoms with Gasteiger partial charge in [0.1, 0.15) is 40.6 Å². The van der Waals surface area contributed by atoms with Crippen molar-refractivity contribution in [2.75, 3.05) is 19.1 Å². The van der Waals surface area contributed by atoms with Crippen molar-refractivity contribution in [1.82, 2.24) is 10.1 Å². The first kappa shape index (κ1) is 38.4. The molecule has 3 aliphatic carbocycles. The number of nitrogens with two attached hydrogens (primary N) is 1. The number of benzene rings is 2. The molecule has 4 N–H and O–H groups in total. The number of aromatic nitrogens is 1. The number of anilines is 1. The minimum absolute atomic E-state index is 0.00176. The zero-order valence-electron chi connectivity index (χ0n) is 31.2. The van der Waals surface area contributed by atoms with Crippen LogP contribution in [0.4, 0.5) is 19.7 Å². The Hall–Kier alpha value is -5.32. The van der Waals surface area contributed by atoms with Gasteiger partial charge in [-0.15, -0.1) is 0 Å². The van der Waals surface area contributed by atoms with E-state index < -0.39 is 92.6 Å². The first-order valence-electron chi connectivity index (χ1n) is 17.3. The standard InChI is InChI=1S/C38H43FN4O11/c1-36(2,3)52-34(47)43(40)23-16-22(39)20-14-19-15-21-27(42(7)8)30-26(33(41-54-30)50-17-18-12-10-9-11-13-18)32(46)38(21,49)31(45)24(19)28(44)25(20)29(23)51-35(48)53-37(4,5)6/h9-13,16,19,21,27,45,49H,14-15,17,40H2,1-8H3/t19-,21-,27-,38-/m0/s1. The van der Waals surface area contributed by atoms with Crippen LogP contribution in [0.3, 0.4) is 0 Å². The Balaban J connectivity index is 1.49. The average molecular weight is 751 g/mol. The van der Waals surface area contributed by atoms with E-state index in [0.29, 0.717) is 5.01 Å². The second-order valence-electron chi connectivity index (χ2n) is 15.8. The molecule has 288 valence electrons. The van der Waals surface area contributed by atoms with Gasteiger partial charge in [-0.2, -0.15) is 0 Å². The van der Waals surface area contributed by atoms with Crippen LogP contribution >= 0.6 is 0 Å². The maximum Gasteiger partial charge on any atom is 0.514 e. The number of carbonyl (C=O) groups excluding carboxylic acids is 4. The van der Waals surface area contributed by atoms with Crippen molar-refractivity contribution in [3.63, 3.8) is 0 Å². The molecule has 1 amide bonds. The molecule has 4 atom stereocenters. The quantitative estimate of drug-likeness (QED) is 0.0904. The number of rotatable bonds is 6. The Bertz CT molecular complexity index is 2060. The Morgan fingerprint density at radius 1 is 1.06 bits per heavy atom. The Kier molecular flexibility index (Phi) is 9.61. The van der Waals surface area contributed by atoms with E-state index in [-0.39, 0.29) is 42.2 Å². The van der Waals surface area contributed by atoms with Gasteiger partial charge in [0.25, 0.3) is 5.88 Å². The summed E-state index contributed by atoms with van der Waals surface area (Å²) in [6.07, 6.45) is -2.83. The molecule has 3 aliphatic rings. The number of hydrogen-bond donors (Lipinski definition) is 3. The molecule has 2 aromatic carbocycles. The highest BCUT2D eigenvalue weighted by molar-refractivity contribution is 6.17. The Morgan fingerprint density at radius 2 is 1.70 bits per heavy atom. The zero-order valence-corrected chi connectivity index (χ0v) is 31.2. The molecule has 54 heavy (non-hydrogen) atoms. The van der Waals surface area contributed by atoms with Gasteiger partial charge in [-0.1, -0.05) is 30.3 Å². The summed E-state index contributed by atoms with van der Waals surface area (Å²) in [6.45, 7) is 9.39. The third kappa shape index (κ3) is 6.69. The topological polar surface area (TPSA) is 204 Å². The molecule has 15 nitrogen and oxygen atoms in total. The lowest BCUT2D eigenvalue weighted by molar-refractivity contribution is -0.0559. The number of allylic oxidation sites excluding steroid dienone is 1. The second-order valence-corrected chi connectivity index (χ2v) is 15.8. The van der Waals surface area contributed by atoms with E-state index in [0.717, 1.165) is 11.6 Å². The van der Waals surface area contributed by atoms with Crippen LogP contribution in [0.2, 0.25) is 0 Å². The van der Waals surface area contributed by atoms with Gasteiger partial charge in [-0.25, -0.2) is 24.8 Å². The summed E-state index contributed by atoms with van der Waals surface area (Å²) in [5, 5.41) is 28.8. The molecule has 6 rings (SSSR count). The molecule has 3 aromatic rings. The third-order valence-corrected chi connectivity index (χ3v) is 9.44. The average Bonchev–Trinajstić information content (AvgIpc) is 3.48. The van der Waals surface area contributed by atoms with Crippen LogP contribution in [0.5, 0.6) is 11.6 Å². The van der Waals surface area contributed by atoms with Crippen molar-refractivity contribution in [1.29, 1.82) is 0 Å². The summed E-state index contributed by atoms with van der Waals surface area (Å²) in [7, 11) is 3.36. The van der Waals surface area contributed by atoms with E-state index in [2.05, 4.69) is 5.16 Å². The zero-order chi connectivity index (χ0) is 39.7. The minimum Gasteiger partial charge on any atom is -0.508 e. The number of ether oxygens (including phenoxy) is 4. The normalized spacial score (nSPS) is 22.2. The maximum absolute atomic E-state index is 16.2. The first-order valence-corrected chi connectivity index (χ1v) is 17.3. The molecule has 0 bridgehead atoms. The molecule has 1 aromatic heterocycles. The fraction of sp³-hybridized carbons (Fsp3) is 0.447. The maximum atomic E-state index is 16.2. The molecule has 0 unspecified atom stereocenters. The summed E-state index contributed by atoms with van der Waals surface area (Å²) in [5.41, 5.74) is -6.04. The fourth-order valence-corrected chi connectivity index (χ4v) is 7.30. The number of aliphatic hydroxyl groups is 2. The van der Waals surface area contributed by atoms with Gasteiger partial charge in [0, 0.05) is 23.1 Å². The van der Waals surface area contributed by atoms with Crippen molar-refractivity contribution in [3.05, 3.63) is 81.6 Å². The Labute approximate surface area is 310 Å². The van der Waals surface area contributed by atoms with Crippen LogP contribution in [0.25, 0.3) is 0 Å². The number of aliphatic hydroxyl groups excluding tert-OH is 1. The lowest BCUT2D eigenvalue weighted by Gasteiger charge is -2.49. The lowest BCUT2D eigenvalue weighted by Crippen LogP contribution is -2.59. The van der Waals surface area contributed by atoms with Crippen molar-refractivity contribution in [2.45, 2.75) is 83.8 Å². The number of nitrogens with zero attached hydrogens (tertiary/aromatic N) is 3. The number of Topliss-reactive ketones (excluding diaryl/α,β-unsaturated/α-hetero) is 2. The first-order chi connectivity index (χ1) is 25.1. The lowest BCUT2D eigenvalue weighted by atomic mass is 9.58. The fourth-order valence-electron chi connectivity index (χ4n) is 7.30. The van der Waals surface area contributed by atoms with Crippen molar-refractivity contribution >= 4 is 29.5 Å². The highest BCUT2D eigenvalue weighted by atomic mass is 19.1. The van der Waals surface area contributed by atoms with Gasteiger partial charge in [-0.05, 0) is 85.1 Å². The van der Waals surface area contributed by atoms with E-state index in [1.807, 2.05) is 6.07 Å². The van der Waals surface area contributed by atoms with Crippen LogP contribution in [-0.4, -0.2) is 75.0 Å². The number of carbonyl (C=O) groups is 4. The predicted octanol–water partition coefficient (Wildman–Crippen LogP) is 5.74. The van der Waals surface area contributed by atoms with Crippen LogP contribution in [0.15, 0.2) is 52.3 Å². The van der Waals surface area contributed by atoms with E-state index in [4.69, 9.17) is 29.3 Å². The molecule has 0 aliphatic heterocycles. The van der Waals surface area contributed by atoms with E-state index in [1.54, 1.807) is 84.8 Å². The van der Waals surface area contributed by atoms with E-state index in [1.165, 1.54) is 0 Å². The smallest absolute Gasteiger partial charge is 0.508 e. The summed E-state index contributed by atoms with van der Waals surface area (Å²) in [6, 6.07) is 9.01. The Morgan fingerprint density at radius 3 is 2.31 bits per heavy atom. The van der Waals surface area contributed by atoms with Crippen LogP contribution in [-0.2, 0) is 22.5 Å². The molecule has 16 heteroatoms. The molecular weight excluding hydrogens is 707 g/mol. The SMILES string of the molecule is CN(C)[C@@H]1c2onc(OCc3ccccc3)c2C(=O)[C@@]2(O)C(O)=C3C(=O)c4c(c(F)cc(N(N)C(=O)OC(C)(C)C)c4OC(=O)OC(C)(C)C)C[C@H]3C[C@@H]12. The van der Waals surface area contributed by atoms with Gasteiger partial charge in [0.05, 0.1) is 11.6 Å². The highest BCUT2D eigenvalue weighted by Crippen LogP contribution is 2.57. The molecule has 0 radical (unpaired) electrons. The molecule has 0 fully saturated rings. The second kappa shape index (κ2) is 13.5. The van der Waals surface area contributed by atoms with E-state index >= 15 is 4.39 Å². The highest BCUT2D eigenvalue weighted by Gasteiger charge is 2.64. The number of hydrogen-bond acceptors (Lipinski definition) is 14. The number of ketones is 2. The molecule has 0 saturated carbocycles. The summed E-state index contributed by atoms with van der Waals surface area (Å²) >= 11 is 0. The summed E-state index contributed by atoms with van der Waals surface area (Å²) < 4.78 is 43.9. The summed E-state index contributed by atoms with van der Waals surface area (Å²) in [4.78, 5) is 56.9. The van der Waals surface area contributed by atoms with E-state index in [9.17, 15) is 29.4 Å². The summed E-state index contributed by atoms with van der Waals surface area (Å²) in [5.74, 6) is -0.756. The van der Waals surface area contributed by atoms with Crippen LogP contribution in [0.1, 0.15) is 91.6 Å². The molecular formula is C38H43FN4O11.